The Balaban J connectivity index is 1.71. The predicted octanol–water partition coefficient (Wildman–Crippen LogP) is 2.32. The van der Waals surface area contributed by atoms with Gasteiger partial charge < -0.3 is 15.4 Å². The molecule has 0 amide bonds. The summed E-state index contributed by atoms with van der Waals surface area (Å²) in [4.78, 5) is 2.44. The fourth-order valence-electron chi connectivity index (χ4n) is 2.39. The molecule has 1 aliphatic rings. The second-order valence-corrected chi connectivity index (χ2v) is 6.69. The van der Waals surface area contributed by atoms with Gasteiger partial charge in [0, 0.05) is 44.0 Å². The highest BCUT2D eigenvalue weighted by molar-refractivity contribution is 5.44. The zero-order chi connectivity index (χ0) is 15.1. The molecule has 4 heteroatoms. The van der Waals surface area contributed by atoms with Gasteiger partial charge in [0.2, 0.25) is 0 Å². The predicted molar refractivity (Wildman–Crippen MR) is 88.8 cm³/mol. The first-order chi connectivity index (χ1) is 10.0. The summed E-state index contributed by atoms with van der Waals surface area (Å²) in [5.74, 6) is 0. The van der Waals surface area contributed by atoms with Gasteiger partial charge in [-0.05, 0) is 38.5 Å². The molecular formula is C17H29N3O. The van der Waals surface area contributed by atoms with E-state index in [1.165, 1.54) is 11.3 Å². The number of morpholine rings is 1. The number of nitrogens with one attached hydrogen (secondary N) is 2. The standard InChI is InChI=1S/C17H29N3O/c1-17(2,3)19-9-8-18-16-6-4-15(5-7-16)14-20-10-12-21-13-11-20/h4-7,18-19H,8-14H2,1-3H3. The van der Waals surface area contributed by atoms with E-state index in [0.29, 0.717) is 0 Å². The summed E-state index contributed by atoms with van der Waals surface area (Å²) in [6, 6.07) is 8.78. The highest BCUT2D eigenvalue weighted by Gasteiger charge is 2.10. The topological polar surface area (TPSA) is 36.5 Å². The third-order valence-corrected chi connectivity index (χ3v) is 3.57. The van der Waals surface area contributed by atoms with E-state index in [1.807, 2.05) is 0 Å². The lowest BCUT2D eigenvalue weighted by molar-refractivity contribution is 0.0342. The molecule has 0 atom stereocenters. The lowest BCUT2D eigenvalue weighted by Crippen LogP contribution is -2.38. The first-order valence-corrected chi connectivity index (χ1v) is 7.91. The Morgan fingerprint density at radius 1 is 1.05 bits per heavy atom. The van der Waals surface area contributed by atoms with E-state index >= 15 is 0 Å². The average molecular weight is 291 g/mol. The lowest BCUT2D eigenvalue weighted by Gasteiger charge is -2.26. The largest absolute Gasteiger partial charge is 0.384 e. The minimum atomic E-state index is 0.184. The van der Waals surface area contributed by atoms with Gasteiger partial charge in [-0.15, -0.1) is 0 Å². The monoisotopic (exact) mass is 291 g/mol. The van der Waals surface area contributed by atoms with Crippen LogP contribution in [0.25, 0.3) is 0 Å². The molecule has 1 aliphatic heterocycles. The van der Waals surface area contributed by atoms with Crippen LogP contribution >= 0.6 is 0 Å². The summed E-state index contributed by atoms with van der Waals surface area (Å²) in [6.45, 7) is 13.3. The van der Waals surface area contributed by atoms with Gasteiger partial charge in [-0.25, -0.2) is 0 Å². The molecule has 0 unspecified atom stereocenters. The molecule has 1 fully saturated rings. The number of benzene rings is 1. The molecule has 1 aromatic rings. The van der Waals surface area contributed by atoms with Crippen molar-refractivity contribution in [2.24, 2.45) is 0 Å². The van der Waals surface area contributed by atoms with Gasteiger partial charge in [0.25, 0.3) is 0 Å². The van der Waals surface area contributed by atoms with Crippen molar-refractivity contribution in [3.05, 3.63) is 29.8 Å². The molecule has 1 aromatic carbocycles. The molecule has 21 heavy (non-hydrogen) atoms. The van der Waals surface area contributed by atoms with E-state index in [-0.39, 0.29) is 5.54 Å². The Hall–Kier alpha value is -1.10. The van der Waals surface area contributed by atoms with E-state index in [0.717, 1.165) is 45.9 Å². The molecule has 1 saturated heterocycles. The van der Waals surface area contributed by atoms with Crippen molar-refractivity contribution in [3.8, 4) is 0 Å². The van der Waals surface area contributed by atoms with E-state index in [4.69, 9.17) is 4.74 Å². The van der Waals surface area contributed by atoms with Crippen LogP contribution in [0.4, 0.5) is 5.69 Å². The molecule has 2 N–H and O–H groups in total. The molecular weight excluding hydrogens is 262 g/mol. The van der Waals surface area contributed by atoms with Crippen LogP contribution in [0.5, 0.6) is 0 Å². The first-order valence-electron chi connectivity index (χ1n) is 7.91. The van der Waals surface area contributed by atoms with Crippen molar-refractivity contribution < 1.29 is 4.74 Å². The maximum absolute atomic E-state index is 5.38. The molecule has 0 saturated carbocycles. The van der Waals surface area contributed by atoms with E-state index in [1.54, 1.807) is 0 Å². The van der Waals surface area contributed by atoms with E-state index in [2.05, 4.69) is 60.6 Å². The zero-order valence-electron chi connectivity index (χ0n) is 13.6. The fourth-order valence-corrected chi connectivity index (χ4v) is 2.39. The molecule has 0 aliphatic carbocycles. The molecule has 2 rings (SSSR count). The maximum atomic E-state index is 5.38. The van der Waals surface area contributed by atoms with Gasteiger partial charge in [0.1, 0.15) is 0 Å². The van der Waals surface area contributed by atoms with Crippen LogP contribution in [0.2, 0.25) is 0 Å². The van der Waals surface area contributed by atoms with Crippen molar-refractivity contribution in [2.45, 2.75) is 32.9 Å². The maximum Gasteiger partial charge on any atom is 0.0594 e. The average Bonchev–Trinajstić information content (AvgIpc) is 2.45. The van der Waals surface area contributed by atoms with Crippen LogP contribution in [-0.2, 0) is 11.3 Å². The Kier molecular flexibility index (Phi) is 6.03. The minimum absolute atomic E-state index is 0.184. The molecule has 0 radical (unpaired) electrons. The second-order valence-electron chi connectivity index (χ2n) is 6.69. The van der Waals surface area contributed by atoms with Gasteiger partial charge >= 0.3 is 0 Å². The normalized spacial score (nSPS) is 16.9. The van der Waals surface area contributed by atoms with Gasteiger partial charge in [0.15, 0.2) is 0 Å². The molecule has 1 heterocycles. The number of nitrogens with zero attached hydrogens (tertiary/aromatic N) is 1. The Labute approximate surface area is 128 Å². The Bertz CT molecular complexity index is 405. The highest BCUT2D eigenvalue weighted by atomic mass is 16.5. The number of hydrogen-bond donors (Lipinski definition) is 2. The van der Waals surface area contributed by atoms with Crippen molar-refractivity contribution >= 4 is 5.69 Å². The minimum Gasteiger partial charge on any atom is -0.384 e. The third kappa shape index (κ3) is 6.46. The quantitative estimate of drug-likeness (QED) is 0.789. The lowest BCUT2D eigenvalue weighted by atomic mass is 10.1. The first kappa shape index (κ1) is 16.3. The van der Waals surface area contributed by atoms with Crippen molar-refractivity contribution in [1.29, 1.82) is 0 Å². The Morgan fingerprint density at radius 2 is 1.71 bits per heavy atom. The summed E-state index contributed by atoms with van der Waals surface area (Å²) in [7, 11) is 0. The second kappa shape index (κ2) is 7.78. The number of hydrogen-bond acceptors (Lipinski definition) is 4. The van der Waals surface area contributed by atoms with Gasteiger partial charge in [0.05, 0.1) is 13.2 Å². The fraction of sp³-hybridized carbons (Fsp3) is 0.647. The van der Waals surface area contributed by atoms with Gasteiger partial charge in [-0.1, -0.05) is 12.1 Å². The molecule has 118 valence electrons. The van der Waals surface area contributed by atoms with Crippen LogP contribution in [0.1, 0.15) is 26.3 Å². The van der Waals surface area contributed by atoms with Crippen molar-refractivity contribution in [2.75, 3.05) is 44.7 Å². The van der Waals surface area contributed by atoms with Gasteiger partial charge in [-0.3, -0.25) is 4.90 Å². The number of rotatable bonds is 6. The van der Waals surface area contributed by atoms with Gasteiger partial charge in [-0.2, -0.15) is 0 Å². The van der Waals surface area contributed by atoms with Crippen LogP contribution in [-0.4, -0.2) is 49.8 Å². The van der Waals surface area contributed by atoms with E-state index < -0.39 is 0 Å². The molecule has 4 nitrogen and oxygen atoms in total. The third-order valence-electron chi connectivity index (χ3n) is 3.57. The molecule has 0 bridgehead atoms. The summed E-state index contributed by atoms with van der Waals surface area (Å²) < 4.78 is 5.38. The molecule has 0 aromatic heterocycles. The SMILES string of the molecule is CC(C)(C)NCCNc1ccc(CN2CCOCC2)cc1. The van der Waals surface area contributed by atoms with E-state index in [9.17, 15) is 0 Å². The Morgan fingerprint density at radius 3 is 2.33 bits per heavy atom. The smallest absolute Gasteiger partial charge is 0.0594 e. The zero-order valence-corrected chi connectivity index (χ0v) is 13.6. The summed E-state index contributed by atoms with van der Waals surface area (Å²) in [5, 5.41) is 6.93. The highest BCUT2D eigenvalue weighted by Crippen LogP contribution is 2.12. The van der Waals surface area contributed by atoms with Crippen molar-refractivity contribution in [3.63, 3.8) is 0 Å². The molecule has 0 spiro atoms. The van der Waals surface area contributed by atoms with Crippen molar-refractivity contribution in [1.82, 2.24) is 10.2 Å². The van der Waals surface area contributed by atoms with Crippen LogP contribution in [0.3, 0.4) is 0 Å². The number of ether oxygens (including phenoxy) is 1. The van der Waals surface area contributed by atoms with Crippen LogP contribution in [0, 0.1) is 0 Å². The van der Waals surface area contributed by atoms with Crippen LogP contribution in [0.15, 0.2) is 24.3 Å². The summed E-state index contributed by atoms with van der Waals surface area (Å²) in [6.07, 6.45) is 0. The number of anilines is 1. The summed E-state index contributed by atoms with van der Waals surface area (Å²) >= 11 is 0. The summed E-state index contributed by atoms with van der Waals surface area (Å²) in [5.41, 5.74) is 2.75. The van der Waals surface area contributed by atoms with Crippen LogP contribution < -0.4 is 10.6 Å².